The molecule has 1 saturated carbocycles. The van der Waals surface area contributed by atoms with E-state index in [9.17, 15) is 0 Å². The predicted molar refractivity (Wildman–Crippen MR) is 57.0 cm³/mol. The molecule has 0 amide bonds. The second-order valence-corrected chi connectivity index (χ2v) is 5.27. The van der Waals surface area contributed by atoms with Crippen LogP contribution in [0.4, 0.5) is 0 Å². The molecule has 4 heteroatoms. The van der Waals surface area contributed by atoms with E-state index in [1.165, 1.54) is 0 Å². The van der Waals surface area contributed by atoms with Crippen LogP contribution in [0.5, 0.6) is 0 Å². The first-order valence-corrected chi connectivity index (χ1v) is 5.97. The zero-order valence-electron chi connectivity index (χ0n) is 6.65. The number of alkyl halides is 4. The molecule has 12 heavy (non-hydrogen) atoms. The van der Waals surface area contributed by atoms with E-state index in [1.807, 2.05) is 0 Å². The van der Waals surface area contributed by atoms with Crippen LogP contribution in [0.15, 0.2) is 0 Å². The van der Waals surface area contributed by atoms with Crippen LogP contribution >= 0.6 is 46.4 Å². The van der Waals surface area contributed by atoms with Crippen molar-refractivity contribution in [3.05, 3.63) is 0 Å². The smallest absolute Gasteiger partial charge is 0.0502 e. The van der Waals surface area contributed by atoms with Gasteiger partial charge in [-0.1, -0.05) is 0 Å². The molecule has 1 rings (SSSR count). The minimum Gasteiger partial charge on any atom is -0.125 e. The van der Waals surface area contributed by atoms with Crippen molar-refractivity contribution in [1.29, 1.82) is 0 Å². The average Bonchev–Trinajstić information content (AvgIpc) is 2.08. The Bertz CT molecular complexity index is 139. The Morgan fingerprint density at radius 2 is 1.83 bits per heavy atom. The van der Waals surface area contributed by atoms with Gasteiger partial charge in [0.1, 0.15) is 0 Å². The Hall–Kier alpha value is 1.16. The third-order valence-corrected chi connectivity index (χ3v) is 4.53. The minimum absolute atomic E-state index is 0.0529. The quantitative estimate of drug-likeness (QED) is 0.653. The maximum absolute atomic E-state index is 6.03. The molecule has 72 valence electrons. The summed E-state index contributed by atoms with van der Waals surface area (Å²) in [7, 11) is 0. The summed E-state index contributed by atoms with van der Waals surface area (Å²) in [6.07, 6.45) is 2.91. The third kappa shape index (κ3) is 2.83. The van der Waals surface area contributed by atoms with Crippen LogP contribution in [0.1, 0.15) is 19.3 Å². The van der Waals surface area contributed by atoms with E-state index in [0.29, 0.717) is 11.8 Å². The van der Waals surface area contributed by atoms with Gasteiger partial charge in [-0.2, -0.15) is 0 Å². The highest BCUT2D eigenvalue weighted by Crippen LogP contribution is 2.35. The monoisotopic (exact) mass is 248 g/mol. The van der Waals surface area contributed by atoms with Gasteiger partial charge in [0.2, 0.25) is 0 Å². The Balaban J connectivity index is 2.39. The lowest BCUT2D eigenvalue weighted by molar-refractivity contribution is 0.364. The summed E-state index contributed by atoms with van der Waals surface area (Å²) in [5.41, 5.74) is 0. The normalized spacial score (nSPS) is 39.5. The molecule has 0 aromatic carbocycles. The van der Waals surface area contributed by atoms with Gasteiger partial charge in [0.15, 0.2) is 0 Å². The number of hydrogen-bond donors (Lipinski definition) is 0. The van der Waals surface area contributed by atoms with Gasteiger partial charge < -0.3 is 0 Å². The van der Waals surface area contributed by atoms with E-state index in [2.05, 4.69) is 0 Å². The molecular formula is C8H12Cl4. The van der Waals surface area contributed by atoms with E-state index < -0.39 is 0 Å². The van der Waals surface area contributed by atoms with Crippen LogP contribution in [0, 0.1) is 5.92 Å². The maximum Gasteiger partial charge on any atom is 0.0502 e. The van der Waals surface area contributed by atoms with Gasteiger partial charge in [0.05, 0.1) is 5.38 Å². The van der Waals surface area contributed by atoms with Gasteiger partial charge in [-0.25, -0.2) is 0 Å². The van der Waals surface area contributed by atoms with Crippen LogP contribution < -0.4 is 0 Å². The summed E-state index contributed by atoms with van der Waals surface area (Å²) in [6.45, 7) is 0. The molecule has 1 aliphatic carbocycles. The van der Waals surface area contributed by atoms with Crippen molar-refractivity contribution in [3.63, 3.8) is 0 Å². The van der Waals surface area contributed by atoms with Gasteiger partial charge in [-0.05, 0) is 25.2 Å². The fraction of sp³-hybridized carbons (Fsp3) is 1.00. The van der Waals surface area contributed by atoms with Crippen molar-refractivity contribution >= 4 is 46.4 Å². The molecule has 0 radical (unpaired) electrons. The first-order chi connectivity index (χ1) is 5.65. The Morgan fingerprint density at radius 3 is 2.33 bits per heavy atom. The Labute approximate surface area is 93.5 Å². The van der Waals surface area contributed by atoms with E-state index in [4.69, 9.17) is 46.4 Å². The first-order valence-electron chi connectivity index (χ1n) is 4.13. The van der Waals surface area contributed by atoms with Crippen molar-refractivity contribution in [2.75, 3.05) is 5.88 Å². The molecule has 0 bridgehead atoms. The highest BCUT2D eigenvalue weighted by molar-refractivity contribution is 6.30. The number of hydrogen-bond acceptors (Lipinski definition) is 0. The summed E-state index contributed by atoms with van der Waals surface area (Å²) in [5, 5.41) is 0.231. The Morgan fingerprint density at radius 1 is 1.17 bits per heavy atom. The molecular weight excluding hydrogens is 238 g/mol. The summed E-state index contributed by atoms with van der Waals surface area (Å²) in [6, 6.07) is 0. The molecule has 0 aliphatic heterocycles. The van der Waals surface area contributed by atoms with Gasteiger partial charge >= 0.3 is 0 Å². The summed E-state index contributed by atoms with van der Waals surface area (Å²) in [4.78, 5) is 0. The van der Waals surface area contributed by atoms with Crippen LogP contribution in [-0.4, -0.2) is 22.0 Å². The van der Waals surface area contributed by atoms with E-state index in [-0.39, 0.29) is 16.1 Å². The molecule has 0 unspecified atom stereocenters. The van der Waals surface area contributed by atoms with Gasteiger partial charge in [-0.3, -0.25) is 0 Å². The molecule has 0 N–H and O–H groups in total. The standard InChI is InChI=1S/C8H12Cl4/c9-4-8(12)5-1-2-6(10)7(11)3-5/h5-8H,1-4H2/t5-,6-,7+,8-/m1/s1. The first kappa shape index (κ1) is 11.2. The lowest BCUT2D eigenvalue weighted by Gasteiger charge is -2.31. The second kappa shape index (κ2) is 5.14. The van der Waals surface area contributed by atoms with Crippen LogP contribution in [0.3, 0.4) is 0 Å². The van der Waals surface area contributed by atoms with E-state index in [0.717, 1.165) is 19.3 Å². The average molecular weight is 250 g/mol. The fourth-order valence-electron chi connectivity index (χ4n) is 1.56. The predicted octanol–water partition coefficient (Wildman–Crippen LogP) is 3.85. The fourth-order valence-corrected chi connectivity index (χ4v) is 2.63. The highest BCUT2D eigenvalue weighted by Gasteiger charge is 2.31. The van der Waals surface area contributed by atoms with Crippen molar-refractivity contribution < 1.29 is 0 Å². The minimum atomic E-state index is 0.0529. The molecule has 0 spiro atoms. The lowest BCUT2D eigenvalue weighted by Crippen LogP contribution is -2.31. The maximum atomic E-state index is 6.03. The number of halogens is 4. The molecule has 4 atom stereocenters. The van der Waals surface area contributed by atoms with Gasteiger partial charge in [0, 0.05) is 16.6 Å². The Kier molecular flexibility index (Phi) is 4.82. The summed E-state index contributed by atoms with van der Waals surface area (Å²) in [5.74, 6) is 0.949. The molecule has 0 saturated heterocycles. The lowest BCUT2D eigenvalue weighted by atomic mass is 9.86. The third-order valence-electron chi connectivity index (χ3n) is 2.39. The largest absolute Gasteiger partial charge is 0.125 e. The SMILES string of the molecule is ClC[C@@H](Cl)[C@@H]1CC[C@@H](Cl)[C@@H](Cl)C1. The summed E-state index contributed by atoms with van der Waals surface area (Å²) < 4.78 is 0. The second-order valence-electron chi connectivity index (χ2n) is 3.28. The van der Waals surface area contributed by atoms with Gasteiger partial charge in [-0.15, -0.1) is 46.4 Å². The zero-order chi connectivity index (χ0) is 9.14. The zero-order valence-corrected chi connectivity index (χ0v) is 9.67. The van der Waals surface area contributed by atoms with Crippen molar-refractivity contribution in [2.45, 2.75) is 35.4 Å². The highest BCUT2D eigenvalue weighted by atomic mass is 35.5. The molecule has 1 aliphatic rings. The van der Waals surface area contributed by atoms with Crippen LogP contribution in [0.25, 0.3) is 0 Å². The van der Waals surface area contributed by atoms with Gasteiger partial charge in [0.25, 0.3) is 0 Å². The van der Waals surface area contributed by atoms with Crippen LogP contribution in [-0.2, 0) is 0 Å². The number of rotatable bonds is 2. The topological polar surface area (TPSA) is 0 Å². The molecule has 0 aromatic heterocycles. The van der Waals surface area contributed by atoms with Crippen molar-refractivity contribution in [1.82, 2.24) is 0 Å². The van der Waals surface area contributed by atoms with Crippen LogP contribution in [0.2, 0.25) is 0 Å². The van der Waals surface area contributed by atoms with E-state index >= 15 is 0 Å². The molecule has 0 heterocycles. The molecule has 0 nitrogen and oxygen atoms in total. The van der Waals surface area contributed by atoms with Crippen molar-refractivity contribution in [3.8, 4) is 0 Å². The molecule has 0 aromatic rings. The summed E-state index contributed by atoms with van der Waals surface area (Å²) >= 11 is 23.7. The van der Waals surface area contributed by atoms with Crippen molar-refractivity contribution in [2.24, 2.45) is 5.92 Å². The van der Waals surface area contributed by atoms with E-state index in [1.54, 1.807) is 0 Å². The molecule has 1 fully saturated rings.